The van der Waals surface area contributed by atoms with E-state index in [1.54, 1.807) is 0 Å². The lowest BCUT2D eigenvalue weighted by atomic mass is 10.1. The van der Waals surface area contributed by atoms with Gasteiger partial charge in [-0.2, -0.15) is 0 Å². The number of nitrogens with one attached hydrogen (secondary N) is 1. The molecule has 3 heteroatoms. The van der Waals surface area contributed by atoms with Crippen LogP contribution in [-0.4, -0.2) is 23.2 Å². The molecule has 0 radical (unpaired) electrons. The highest BCUT2D eigenvalue weighted by Gasteiger charge is 2.07. The predicted molar refractivity (Wildman–Crippen MR) is 48.8 cm³/mol. The fraction of sp³-hybridized carbons (Fsp3) is 0.889. The minimum atomic E-state index is -0.541. The zero-order chi connectivity index (χ0) is 9.56. The van der Waals surface area contributed by atoms with E-state index in [1.165, 1.54) is 0 Å². The molecule has 1 unspecified atom stereocenters. The van der Waals surface area contributed by atoms with Crippen LogP contribution in [0.25, 0.3) is 0 Å². The van der Waals surface area contributed by atoms with Crippen molar-refractivity contribution in [2.45, 2.75) is 52.3 Å². The van der Waals surface area contributed by atoms with Crippen molar-refractivity contribution < 1.29 is 9.90 Å². The number of carbonyl (C=O) groups excluding carboxylic acids is 1. The van der Waals surface area contributed by atoms with Gasteiger partial charge in [0, 0.05) is 18.9 Å². The van der Waals surface area contributed by atoms with Crippen molar-refractivity contribution >= 4 is 5.78 Å². The van der Waals surface area contributed by atoms with Crippen LogP contribution in [0.2, 0.25) is 0 Å². The molecule has 0 bridgehead atoms. The Balaban J connectivity index is 3.43. The fourth-order valence-corrected chi connectivity index (χ4v) is 0.943. The molecule has 0 saturated carbocycles. The van der Waals surface area contributed by atoms with Crippen molar-refractivity contribution in [3.8, 4) is 0 Å². The molecule has 0 aliphatic rings. The van der Waals surface area contributed by atoms with E-state index in [4.69, 9.17) is 0 Å². The largest absolute Gasteiger partial charge is 0.379 e. The number of hydrogen-bond acceptors (Lipinski definition) is 3. The van der Waals surface area contributed by atoms with Crippen LogP contribution in [-0.2, 0) is 4.79 Å². The Morgan fingerprint density at radius 3 is 2.50 bits per heavy atom. The summed E-state index contributed by atoms with van der Waals surface area (Å²) in [5.74, 6) is 0.208. The Morgan fingerprint density at radius 1 is 1.50 bits per heavy atom. The zero-order valence-electron chi connectivity index (χ0n) is 8.13. The lowest BCUT2D eigenvalue weighted by Crippen LogP contribution is -2.34. The third-order valence-corrected chi connectivity index (χ3v) is 1.62. The Kier molecular flexibility index (Phi) is 5.93. The molecule has 3 nitrogen and oxygen atoms in total. The SMILES string of the molecule is CCC(=O)CCC(O)NC(C)C. The van der Waals surface area contributed by atoms with E-state index < -0.39 is 6.23 Å². The number of rotatable bonds is 6. The van der Waals surface area contributed by atoms with E-state index in [9.17, 15) is 9.90 Å². The molecule has 0 aliphatic carbocycles. The summed E-state index contributed by atoms with van der Waals surface area (Å²) in [6.07, 6.45) is 1.01. The van der Waals surface area contributed by atoms with Crippen LogP contribution in [0.15, 0.2) is 0 Å². The van der Waals surface area contributed by atoms with Gasteiger partial charge in [-0.1, -0.05) is 6.92 Å². The lowest BCUT2D eigenvalue weighted by molar-refractivity contribution is -0.119. The Morgan fingerprint density at radius 2 is 2.08 bits per heavy atom. The predicted octanol–water partition coefficient (Wildman–Crippen LogP) is 1.06. The lowest BCUT2D eigenvalue weighted by Gasteiger charge is -2.14. The van der Waals surface area contributed by atoms with Crippen LogP contribution in [0.4, 0.5) is 0 Å². The van der Waals surface area contributed by atoms with Gasteiger partial charge in [0.25, 0.3) is 0 Å². The molecule has 12 heavy (non-hydrogen) atoms. The molecule has 0 fully saturated rings. The maximum absolute atomic E-state index is 10.9. The first-order chi connectivity index (χ1) is 5.56. The summed E-state index contributed by atoms with van der Waals surface area (Å²) in [7, 11) is 0. The highest BCUT2D eigenvalue weighted by atomic mass is 16.3. The summed E-state index contributed by atoms with van der Waals surface area (Å²) in [5, 5.41) is 12.2. The molecule has 0 aromatic carbocycles. The number of Topliss-reactive ketones (excluding diaryl/α,β-unsaturated/α-hetero) is 1. The van der Waals surface area contributed by atoms with Gasteiger partial charge in [-0.3, -0.25) is 10.1 Å². The number of ketones is 1. The quantitative estimate of drug-likeness (QED) is 0.590. The number of carbonyl (C=O) groups is 1. The first-order valence-electron chi connectivity index (χ1n) is 4.52. The molecule has 72 valence electrons. The summed E-state index contributed by atoms with van der Waals surface area (Å²) in [4.78, 5) is 10.9. The van der Waals surface area contributed by atoms with E-state index in [1.807, 2.05) is 20.8 Å². The Labute approximate surface area is 74.2 Å². The van der Waals surface area contributed by atoms with Crippen LogP contribution < -0.4 is 5.32 Å². The molecule has 0 aliphatic heterocycles. The van der Waals surface area contributed by atoms with Crippen LogP contribution in [0, 0.1) is 0 Å². The second-order valence-corrected chi connectivity index (χ2v) is 3.27. The molecule has 0 aromatic rings. The minimum Gasteiger partial charge on any atom is -0.379 e. The zero-order valence-corrected chi connectivity index (χ0v) is 8.13. The minimum absolute atomic E-state index is 0.208. The average molecular weight is 173 g/mol. The Hall–Kier alpha value is -0.410. The van der Waals surface area contributed by atoms with Gasteiger partial charge < -0.3 is 5.11 Å². The van der Waals surface area contributed by atoms with Gasteiger partial charge >= 0.3 is 0 Å². The molecule has 0 rings (SSSR count). The molecule has 0 spiro atoms. The number of aliphatic hydroxyl groups is 1. The van der Waals surface area contributed by atoms with Crippen LogP contribution in [0.3, 0.4) is 0 Å². The normalized spacial score (nSPS) is 13.4. The van der Waals surface area contributed by atoms with Crippen molar-refractivity contribution in [2.75, 3.05) is 0 Å². The standard InChI is InChI=1S/C9H19NO2/c1-4-8(11)5-6-9(12)10-7(2)3/h7,9-10,12H,4-6H2,1-3H3. The van der Waals surface area contributed by atoms with Gasteiger partial charge in [0.2, 0.25) is 0 Å². The molecule has 0 aromatic heterocycles. The summed E-state index contributed by atoms with van der Waals surface area (Å²) in [6, 6.07) is 0.261. The van der Waals surface area contributed by atoms with Gasteiger partial charge in [0.15, 0.2) is 0 Å². The van der Waals surface area contributed by atoms with Crippen LogP contribution in [0.5, 0.6) is 0 Å². The number of hydrogen-bond donors (Lipinski definition) is 2. The van der Waals surface area contributed by atoms with Crippen molar-refractivity contribution in [1.82, 2.24) is 5.32 Å². The van der Waals surface area contributed by atoms with E-state index in [0.717, 1.165) is 0 Å². The van der Waals surface area contributed by atoms with Gasteiger partial charge in [-0.25, -0.2) is 0 Å². The summed E-state index contributed by atoms with van der Waals surface area (Å²) in [6.45, 7) is 5.76. The van der Waals surface area contributed by atoms with Gasteiger partial charge in [-0.15, -0.1) is 0 Å². The first kappa shape index (κ1) is 11.6. The molecule has 2 N–H and O–H groups in total. The van der Waals surface area contributed by atoms with Crippen molar-refractivity contribution in [2.24, 2.45) is 0 Å². The van der Waals surface area contributed by atoms with Crippen molar-refractivity contribution in [3.63, 3.8) is 0 Å². The van der Waals surface area contributed by atoms with Crippen LogP contribution in [0.1, 0.15) is 40.0 Å². The van der Waals surface area contributed by atoms with E-state index >= 15 is 0 Å². The fourth-order valence-electron chi connectivity index (χ4n) is 0.943. The van der Waals surface area contributed by atoms with Crippen molar-refractivity contribution in [1.29, 1.82) is 0 Å². The van der Waals surface area contributed by atoms with Crippen molar-refractivity contribution in [3.05, 3.63) is 0 Å². The van der Waals surface area contributed by atoms with Gasteiger partial charge in [0.1, 0.15) is 12.0 Å². The van der Waals surface area contributed by atoms with E-state index in [-0.39, 0.29) is 11.8 Å². The molecule has 0 amide bonds. The van der Waals surface area contributed by atoms with E-state index in [0.29, 0.717) is 19.3 Å². The highest BCUT2D eigenvalue weighted by molar-refractivity contribution is 5.77. The second-order valence-electron chi connectivity index (χ2n) is 3.27. The third kappa shape index (κ3) is 6.31. The smallest absolute Gasteiger partial charge is 0.132 e. The van der Waals surface area contributed by atoms with E-state index in [2.05, 4.69) is 5.32 Å². The number of aliphatic hydroxyl groups excluding tert-OH is 1. The van der Waals surface area contributed by atoms with Gasteiger partial charge in [0.05, 0.1) is 0 Å². The monoisotopic (exact) mass is 173 g/mol. The molecule has 1 atom stereocenters. The summed E-state index contributed by atoms with van der Waals surface area (Å²) < 4.78 is 0. The molecule has 0 saturated heterocycles. The molecule has 0 heterocycles. The third-order valence-electron chi connectivity index (χ3n) is 1.62. The molecular weight excluding hydrogens is 154 g/mol. The highest BCUT2D eigenvalue weighted by Crippen LogP contribution is 1.98. The topological polar surface area (TPSA) is 49.3 Å². The summed E-state index contributed by atoms with van der Waals surface area (Å²) >= 11 is 0. The second kappa shape index (κ2) is 6.14. The maximum atomic E-state index is 10.9. The molecular formula is C9H19NO2. The van der Waals surface area contributed by atoms with Crippen LogP contribution >= 0.6 is 0 Å². The average Bonchev–Trinajstić information content (AvgIpc) is 1.99. The Bertz CT molecular complexity index is 134. The van der Waals surface area contributed by atoms with Gasteiger partial charge in [-0.05, 0) is 20.3 Å². The maximum Gasteiger partial charge on any atom is 0.132 e. The summed E-state index contributed by atoms with van der Waals surface area (Å²) in [5.41, 5.74) is 0. The first-order valence-corrected chi connectivity index (χ1v) is 4.52.